The Morgan fingerprint density at radius 2 is 2.29 bits per heavy atom. The first-order valence-electron chi connectivity index (χ1n) is 6.44. The Hall–Kier alpha value is -0.650. The maximum Gasteiger partial charge on any atom is 0.306 e. The van der Waals surface area contributed by atoms with Crippen LogP contribution in [0.25, 0.3) is 0 Å². The lowest BCUT2D eigenvalue weighted by Crippen LogP contribution is -2.49. The first-order valence-corrected chi connectivity index (χ1v) is 6.44. The molecule has 5 nitrogen and oxygen atoms in total. The van der Waals surface area contributed by atoms with Crippen LogP contribution in [0.2, 0.25) is 0 Å². The van der Waals surface area contributed by atoms with Crippen LogP contribution in [0.3, 0.4) is 0 Å². The molecule has 2 atom stereocenters. The molecule has 0 aromatic rings. The minimum Gasteiger partial charge on any atom is -0.466 e. The zero-order chi connectivity index (χ0) is 12.7. The van der Waals surface area contributed by atoms with Crippen LogP contribution in [0.1, 0.15) is 19.8 Å². The lowest BCUT2D eigenvalue weighted by molar-refractivity contribution is -0.144. The fraction of sp³-hybridized carbons (Fsp3) is 0.917. The molecule has 0 radical (unpaired) electrons. The molecule has 1 aliphatic heterocycles. The summed E-state index contributed by atoms with van der Waals surface area (Å²) in [5.74, 6) is 0.300. The van der Waals surface area contributed by atoms with Crippen LogP contribution in [-0.2, 0) is 9.53 Å². The number of hydrogen-bond donors (Lipinski definition) is 2. The number of likely N-dealkylation sites (N-methyl/N-ethyl adjacent to an activating group) is 1. The van der Waals surface area contributed by atoms with Gasteiger partial charge in [-0.3, -0.25) is 4.79 Å². The van der Waals surface area contributed by atoms with Crippen molar-refractivity contribution in [1.82, 2.24) is 10.2 Å². The molecule has 1 saturated heterocycles. The Kier molecular flexibility index (Phi) is 6.47. The Morgan fingerprint density at radius 3 is 2.88 bits per heavy atom. The fourth-order valence-corrected chi connectivity index (χ4v) is 2.48. The van der Waals surface area contributed by atoms with Gasteiger partial charge < -0.3 is 20.7 Å². The highest BCUT2D eigenvalue weighted by atomic mass is 16.5. The number of likely N-dealkylation sites (tertiary alicyclic amines) is 1. The van der Waals surface area contributed by atoms with Gasteiger partial charge in [-0.2, -0.15) is 0 Å². The Bertz CT molecular complexity index is 236. The molecule has 0 spiro atoms. The van der Waals surface area contributed by atoms with Gasteiger partial charge in [0.25, 0.3) is 0 Å². The highest BCUT2D eigenvalue weighted by molar-refractivity contribution is 5.69. The van der Waals surface area contributed by atoms with Gasteiger partial charge >= 0.3 is 5.97 Å². The number of hydrogen-bond acceptors (Lipinski definition) is 5. The summed E-state index contributed by atoms with van der Waals surface area (Å²) in [7, 11) is 1.97. The number of carbonyl (C=O) groups is 1. The molecule has 0 aromatic carbocycles. The minimum atomic E-state index is -0.0815. The van der Waals surface area contributed by atoms with Crippen molar-refractivity contribution >= 4 is 5.97 Å². The van der Waals surface area contributed by atoms with Gasteiger partial charge in [-0.05, 0) is 26.3 Å². The van der Waals surface area contributed by atoms with Gasteiger partial charge in [-0.1, -0.05) is 0 Å². The largest absolute Gasteiger partial charge is 0.466 e. The van der Waals surface area contributed by atoms with Crippen molar-refractivity contribution < 1.29 is 9.53 Å². The average Bonchev–Trinajstić information content (AvgIpc) is 2.29. The summed E-state index contributed by atoms with van der Waals surface area (Å²) in [5, 5.41) is 3.29. The molecule has 0 aromatic heterocycles. The van der Waals surface area contributed by atoms with Crippen LogP contribution >= 0.6 is 0 Å². The molecule has 0 aliphatic carbocycles. The quantitative estimate of drug-likeness (QED) is 0.633. The highest BCUT2D eigenvalue weighted by Crippen LogP contribution is 2.20. The third-order valence-corrected chi connectivity index (χ3v) is 3.23. The van der Waals surface area contributed by atoms with E-state index in [9.17, 15) is 4.79 Å². The van der Waals surface area contributed by atoms with Crippen LogP contribution in [0.5, 0.6) is 0 Å². The first-order chi connectivity index (χ1) is 8.19. The monoisotopic (exact) mass is 243 g/mol. The van der Waals surface area contributed by atoms with E-state index >= 15 is 0 Å². The summed E-state index contributed by atoms with van der Waals surface area (Å²) < 4.78 is 5.01. The first kappa shape index (κ1) is 14.4. The summed E-state index contributed by atoms with van der Waals surface area (Å²) in [6.07, 6.45) is 1.56. The second kappa shape index (κ2) is 7.63. The van der Waals surface area contributed by atoms with Crippen molar-refractivity contribution in [3.8, 4) is 0 Å². The van der Waals surface area contributed by atoms with Crippen molar-refractivity contribution in [2.45, 2.75) is 25.8 Å². The molecule has 1 aliphatic rings. The van der Waals surface area contributed by atoms with E-state index < -0.39 is 0 Å². The van der Waals surface area contributed by atoms with E-state index in [1.54, 1.807) is 0 Å². The SMILES string of the molecule is CCOC(=O)CC1CC(NC)CN(CCN)C1. The van der Waals surface area contributed by atoms with E-state index in [0.29, 0.717) is 31.5 Å². The van der Waals surface area contributed by atoms with Crippen LogP contribution in [-0.4, -0.2) is 56.7 Å². The van der Waals surface area contributed by atoms with E-state index in [2.05, 4.69) is 10.2 Å². The maximum absolute atomic E-state index is 11.5. The predicted octanol–water partition coefficient (Wildman–Crippen LogP) is -0.192. The number of piperidine rings is 1. The number of nitrogens with zero attached hydrogens (tertiary/aromatic N) is 1. The number of rotatable bonds is 6. The molecule has 1 heterocycles. The maximum atomic E-state index is 11.5. The van der Waals surface area contributed by atoms with Crippen molar-refractivity contribution in [3.63, 3.8) is 0 Å². The zero-order valence-electron chi connectivity index (χ0n) is 10.9. The highest BCUT2D eigenvalue weighted by Gasteiger charge is 2.27. The lowest BCUT2D eigenvalue weighted by Gasteiger charge is -2.37. The molecule has 17 heavy (non-hydrogen) atoms. The summed E-state index contributed by atoms with van der Waals surface area (Å²) in [6.45, 7) is 5.85. The number of nitrogens with one attached hydrogen (secondary N) is 1. The number of carbonyl (C=O) groups excluding carboxylic acids is 1. The smallest absolute Gasteiger partial charge is 0.306 e. The topological polar surface area (TPSA) is 67.6 Å². The van der Waals surface area contributed by atoms with Gasteiger partial charge in [0.2, 0.25) is 0 Å². The van der Waals surface area contributed by atoms with Crippen LogP contribution in [0, 0.1) is 5.92 Å². The average molecular weight is 243 g/mol. The van der Waals surface area contributed by atoms with Gasteiger partial charge in [-0.25, -0.2) is 0 Å². The van der Waals surface area contributed by atoms with E-state index in [0.717, 1.165) is 26.1 Å². The van der Waals surface area contributed by atoms with Gasteiger partial charge in [0.05, 0.1) is 6.61 Å². The Labute approximate surface area is 104 Å². The summed E-state index contributed by atoms with van der Waals surface area (Å²) in [6, 6.07) is 0.453. The molecule has 100 valence electrons. The standard InChI is InChI=1S/C12H25N3O2/c1-3-17-12(16)7-10-6-11(14-2)9-15(8-10)5-4-13/h10-11,14H,3-9,13H2,1-2H3. The van der Waals surface area contributed by atoms with E-state index in [-0.39, 0.29) is 5.97 Å². The molecular weight excluding hydrogens is 218 g/mol. The second-order valence-electron chi connectivity index (χ2n) is 4.64. The molecule has 0 bridgehead atoms. The molecular formula is C12H25N3O2. The van der Waals surface area contributed by atoms with Crippen LogP contribution < -0.4 is 11.1 Å². The summed E-state index contributed by atoms with van der Waals surface area (Å²) in [5.41, 5.74) is 5.59. The molecule has 1 fully saturated rings. The number of esters is 1. The lowest BCUT2D eigenvalue weighted by atomic mass is 9.91. The van der Waals surface area contributed by atoms with Crippen molar-refractivity contribution in [2.24, 2.45) is 11.7 Å². The Balaban J connectivity index is 2.44. The van der Waals surface area contributed by atoms with Crippen molar-refractivity contribution in [2.75, 3.05) is 39.8 Å². The molecule has 0 amide bonds. The van der Waals surface area contributed by atoms with E-state index in [4.69, 9.17) is 10.5 Å². The molecule has 3 N–H and O–H groups in total. The van der Waals surface area contributed by atoms with Crippen molar-refractivity contribution in [3.05, 3.63) is 0 Å². The van der Waals surface area contributed by atoms with Gasteiger partial charge in [0.1, 0.15) is 0 Å². The minimum absolute atomic E-state index is 0.0815. The summed E-state index contributed by atoms with van der Waals surface area (Å²) >= 11 is 0. The third-order valence-electron chi connectivity index (χ3n) is 3.23. The van der Waals surface area contributed by atoms with Gasteiger partial charge in [0.15, 0.2) is 0 Å². The van der Waals surface area contributed by atoms with Crippen LogP contribution in [0.4, 0.5) is 0 Å². The molecule has 1 rings (SSSR count). The van der Waals surface area contributed by atoms with E-state index in [1.807, 2.05) is 14.0 Å². The van der Waals surface area contributed by atoms with Gasteiger partial charge in [-0.15, -0.1) is 0 Å². The van der Waals surface area contributed by atoms with Crippen molar-refractivity contribution in [1.29, 1.82) is 0 Å². The third kappa shape index (κ3) is 5.02. The van der Waals surface area contributed by atoms with Crippen LogP contribution in [0.15, 0.2) is 0 Å². The normalized spacial score (nSPS) is 25.8. The fourth-order valence-electron chi connectivity index (χ4n) is 2.48. The molecule has 0 saturated carbocycles. The second-order valence-corrected chi connectivity index (χ2v) is 4.64. The number of ether oxygens (including phenoxy) is 1. The van der Waals surface area contributed by atoms with E-state index in [1.165, 1.54) is 0 Å². The zero-order valence-corrected chi connectivity index (χ0v) is 10.9. The molecule has 5 heteroatoms. The number of nitrogens with two attached hydrogens (primary N) is 1. The summed E-state index contributed by atoms with van der Waals surface area (Å²) in [4.78, 5) is 13.8. The predicted molar refractivity (Wildman–Crippen MR) is 67.7 cm³/mol. The van der Waals surface area contributed by atoms with Gasteiger partial charge in [0, 0.05) is 38.6 Å². The Morgan fingerprint density at radius 1 is 1.53 bits per heavy atom. The molecule has 2 unspecified atom stereocenters.